The van der Waals surface area contributed by atoms with Crippen LogP contribution in [-0.2, 0) is 15.8 Å². The number of aryl methyl sites for hydroxylation is 1. The van der Waals surface area contributed by atoms with Gasteiger partial charge in [-0.25, -0.2) is 4.39 Å². The van der Waals surface area contributed by atoms with Crippen molar-refractivity contribution in [2.45, 2.75) is 19.5 Å². The molecule has 2 amide bonds. The van der Waals surface area contributed by atoms with E-state index < -0.39 is 35.3 Å². The van der Waals surface area contributed by atoms with Crippen LogP contribution >= 0.6 is 0 Å². The summed E-state index contributed by atoms with van der Waals surface area (Å²) in [5, 5.41) is 2.38. The summed E-state index contributed by atoms with van der Waals surface area (Å²) in [6.45, 7) is 1.92. The molecule has 142 valence electrons. The van der Waals surface area contributed by atoms with E-state index in [2.05, 4.69) is 5.32 Å². The molecule has 0 bridgehead atoms. The molecule has 1 aliphatic rings. The van der Waals surface area contributed by atoms with E-state index in [1.165, 1.54) is 35.2 Å². The van der Waals surface area contributed by atoms with Gasteiger partial charge >= 0.3 is 6.18 Å². The first-order valence-corrected chi connectivity index (χ1v) is 8.22. The van der Waals surface area contributed by atoms with Crippen molar-refractivity contribution >= 4 is 23.2 Å². The van der Waals surface area contributed by atoms with Gasteiger partial charge in [0.25, 0.3) is 0 Å². The Morgan fingerprint density at radius 1 is 1.19 bits per heavy atom. The van der Waals surface area contributed by atoms with Gasteiger partial charge in [-0.05, 0) is 55.3 Å². The fraction of sp³-hybridized carbons (Fsp3) is 0.263. The van der Waals surface area contributed by atoms with Crippen LogP contribution < -0.4 is 10.2 Å². The summed E-state index contributed by atoms with van der Waals surface area (Å²) < 4.78 is 51.6. The number of benzene rings is 2. The van der Waals surface area contributed by atoms with Crippen LogP contribution in [0.2, 0.25) is 0 Å². The molecule has 1 heterocycles. The minimum atomic E-state index is -4.53. The molecule has 0 radical (unpaired) electrons. The summed E-state index contributed by atoms with van der Waals surface area (Å²) in [4.78, 5) is 26.4. The molecule has 1 atom stereocenters. The Hall–Kier alpha value is -2.90. The first-order chi connectivity index (χ1) is 12.7. The molecule has 0 saturated carbocycles. The van der Waals surface area contributed by atoms with Gasteiger partial charge in [0.2, 0.25) is 11.8 Å². The average Bonchev–Trinajstić information content (AvgIpc) is 2.96. The summed E-state index contributed by atoms with van der Waals surface area (Å²) in [5.74, 6) is -2.57. The smallest absolute Gasteiger partial charge is 0.325 e. The van der Waals surface area contributed by atoms with E-state index in [0.29, 0.717) is 11.3 Å². The number of carbonyl (C=O) groups is 2. The SMILES string of the molecule is Cc1cc(F)ccc1N1CC[C@H](C(=O)Nc2cccc(C(F)(F)F)c2)C1=O. The lowest BCUT2D eigenvalue weighted by atomic mass is 10.1. The second-order valence-electron chi connectivity index (χ2n) is 6.33. The van der Waals surface area contributed by atoms with E-state index in [1.807, 2.05) is 0 Å². The van der Waals surface area contributed by atoms with Crippen LogP contribution in [-0.4, -0.2) is 18.4 Å². The second-order valence-corrected chi connectivity index (χ2v) is 6.33. The van der Waals surface area contributed by atoms with Gasteiger partial charge in [-0.3, -0.25) is 9.59 Å². The molecule has 0 unspecified atom stereocenters. The Balaban J connectivity index is 1.74. The highest BCUT2D eigenvalue weighted by Crippen LogP contribution is 2.32. The van der Waals surface area contributed by atoms with Crippen molar-refractivity contribution < 1.29 is 27.2 Å². The van der Waals surface area contributed by atoms with Gasteiger partial charge in [-0.15, -0.1) is 0 Å². The number of alkyl halides is 3. The summed E-state index contributed by atoms with van der Waals surface area (Å²) in [5.41, 5.74) is 0.152. The Kier molecular flexibility index (Phi) is 4.91. The lowest BCUT2D eigenvalue weighted by Crippen LogP contribution is -2.33. The number of anilines is 2. The molecular weight excluding hydrogens is 364 g/mol. The van der Waals surface area contributed by atoms with Gasteiger partial charge in [0.05, 0.1) is 5.56 Å². The fourth-order valence-corrected chi connectivity index (χ4v) is 3.09. The van der Waals surface area contributed by atoms with Crippen LogP contribution in [0, 0.1) is 18.7 Å². The van der Waals surface area contributed by atoms with E-state index >= 15 is 0 Å². The van der Waals surface area contributed by atoms with Crippen molar-refractivity contribution in [1.82, 2.24) is 0 Å². The van der Waals surface area contributed by atoms with Crippen LogP contribution in [0.4, 0.5) is 28.9 Å². The number of carbonyl (C=O) groups excluding carboxylic acids is 2. The molecule has 8 heteroatoms. The van der Waals surface area contributed by atoms with Gasteiger partial charge in [-0.2, -0.15) is 13.2 Å². The molecule has 0 aromatic heterocycles. The normalized spacial score (nSPS) is 17.3. The molecule has 0 aliphatic carbocycles. The number of rotatable bonds is 3. The van der Waals surface area contributed by atoms with Crippen LogP contribution in [0.5, 0.6) is 0 Å². The summed E-state index contributed by atoms with van der Waals surface area (Å²) >= 11 is 0. The van der Waals surface area contributed by atoms with E-state index in [9.17, 15) is 27.2 Å². The molecular formula is C19H16F4N2O2. The van der Waals surface area contributed by atoms with Crippen LogP contribution in [0.1, 0.15) is 17.5 Å². The van der Waals surface area contributed by atoms with Crippen molar-refractivity contribution in [2.75, 3.05) is 16.8 Å². The molecule has 1 N–H and O–H groups in total. The zero-order valence-electron chi connectivity index (χ0n) is 14.3. The predicted octanol–water partition coefficient (Wildman–Crippen LogP) is 4.14. The highest BCUT2D eigenvalue weighted by molar-refractivity contribution is 6.13. The van der Waals surface area contributed by atoms with Crippen LogP contribution in [0.3, 0.4) is 0 Å². The summed E-state index contributed by atoms with van der Waals surface area (Å²) in [7, 11) is 0. The van der Waals surface area contributed by atoms with E-state index in [1.54, 1.807) is 6.92 Å². The van der Waals surface area contributed by atoms with E-state index in [4.69, 9.17) is 0 Å². The topological polar surface area (TPSA) is 49.4 Å². The molecule has 4 nitrogen and oxygen atoms in total. The number of nitrogens with zero attached hydrogens (tertiary/aromatic N) is 1. The Bertz CT molecular complexity index is 896. The molecule has 2 aromatic carbocycles. The van der Waals surface area contributed by atoms with Gasteiger partial charge in [-0.1, -0.05) is 6.07 Å². The van der Waals surface area contributed by atoms with Crippen molar-refractivity contribution in [3.63, 3.8) is 0 Å². The lowest BCUT2D eigenvalue weighted by molar-refractivity contribution is -0.137. The molecule has 1 fully saturated rings. The fourth-order valence-electron chi connectivity index (χ4n) is 3.09. The van der Waals surface area contributed by atoms with Crippen LogP contribution in [0.25, 0.3) is 0 Å². The van der Waals surface area contributed by atoms with Crippen molar-refractivity contribution in [3.8, 4) is 0 Å². The standard InChI is InChI=1S/C19H16F4N2O2/c1-11-9-13(20)5-6-16(11)25-8-7-15(18(25)27)17(26)24-14-4-2-3-12(10-14)19(21,22)23/h2-6,9-10,15H,7-8H2,1H3,(H,24,26)/t15-/m1/s1. The summed E-state index contributed by atoms with van der Waals surface area (Å²) in [6.07, 6.45) is -4.30. The third kappa shape index (κ3) is 3.94. The molecule has 2 aromatic rings. The molecule has 1 saturated heterocycles. The average molecular weight is 380 g/mol. The Morgan fingerprint density at radius 2 is 1.93 bits per heavy atom. The quantitative estimate of drug-likeness (QED) is 0.643. The van der Waals surface area contributed by atoms with Crippen LogP contribution in [0.15, 0.2) is 42.5 Å². The van der Waals surface area contributed by atoms with Crippen molar-refractivity contribution in [1.29, 1.82) is 0 Å². The minimum Gasteiger partial charge on any atom is -0.325 e. The van der Waals surface area contributed by atoms with Gasteiger partial charge in [0.1, 0.15) is 11.7 Å². The van der Waals surface area contributed by atoms with Gasteiger partial charge in [0, 0.05) is 17.9 Å². The third-order valence-electron chi connectivity index (χ3n) is 4.43. The van der Waals surface area contributed by atoms with Crippen molar-refractivity contribution in [3.05, 3.63) is 59.4 Å². The van der Waals surface area contributed by atoms with E-state index in [-0.39, 0.29) is 18.7 Å². The Labute approximate surface area is 152 Å². The molecule has 0 spiro atoms. The monoisotopic (exact) mass is 380 g/mol. The summed E-state index contributed by atoms with van der Waals surface area (Å²) in [6, 6.07) is 8.21. The number of hydrogen-bond donors (Lipinski definition) is 1. The zero-order valence-corrected chi connectivity index (χ0v) is 14.3. The maximum atomic E-state index is 13.2. The third-order valence-corrected chi connectivity index (χ3v) is 4.43. The first-order valence-electron chi connectivity index (χ1n) is 8.22. The highest BCUT2D eigenvalue weighted by Gasteiger charge is 2.38. The number of halogens is 4. The number of amides is 2. The lowest BCUT2D eigenvalue weighted by Gasteiger charge is -2.19. The Morgan fingerprint density at radius 3 is 2.59 bits per heavy atom. The largest absolute Gasteiger partial charge is 0.416 e. The minimum absolute atomic E-state index is 0.0287. The predicted molar refractivity (Wildman–Crippen MR) is 91.7 cm³/mol. The molecule has 27 heavy (non-hydrogen) atoms. The number of nitrogens with one attached hydrogen (secondary N) is 1. The van der Waals surface area contributed by atoms with Gasteiger partial charge < -0.3 is 10.2 Å². The molecule has 1 aliphatic heterocycles. The van der Waals surface area contributed by atoms with Gasteiger partial charge in [0.15, 0.2) is 0 Å². The molecule has 3 rings (SSSR count). The highest BCUT2D eigenvalue weighted by atomic mass is 19.4. The maximum absolute atomic E-state index is 13.2. The maximum Gasteiger partial charge on any atom is 0.416 e. The number of hydrogen-bond acceptors (Lipinski definition) is 2. The van der Waals surface area contributed by atoms with E-state index in [0.717, 1.165) is 12.1 Å². The zero-order chi connectivity index (χ0) is 19.8. The van der Waals surface area contributed by atoms with Crippen molar-refractivity contribution in [2.24, 2.45) is 5.92 Å². The second kappa shape index (κ2) is 7.02. The first kappa shape index (κ1) is 18.9.